The van der Waals surface area contributed by atoms with Gasteiger partial charge >= 0.3 is 0 Å². The molecule has 0 amide bonds. The minimum atomic E-state index is 0.543. The van der Waals surface area contributed by atoms with Gasteiger partial charge < -0.3 is 0 Å². The zero-order chi connectivity index (χ0) is 7.23. The maximum absolute atomic E-state index is 3.17. The zero-order valence-electron chi connectivity index (χ0n) is 6.56. The Hall–Kier alpha value is -0.340. The van der Waals surface area contributed by atoms with Crippen LogP contribution in [0.5, 0.6) is 0 Å². The topological polar surface area (TPSA) is 24.1 Å². The van der Waals surface area contributed by atoms with E-state index in [1.54, 1.807) is 0 Å². The molecule has 1 rings (SSSR count). The normalized spacial score (nSPS) is 16.1. The molecule has 0 fully saturated rings. The summed E-state index contributed by atoms with van der Waals surface area (Å²) >= 11 is 0. The first-order valence-corrected chi connectivity index (χ1v) is 4.10. The number of hydrogen-bond acceptors (Lipinski definition) is 2. The number of rotatable bonds is 6. The highest BCUT2D eigenvalue weighted by Crippen LogP contribution is 2.01. The first kappa shape index (κ1) is 7.76. The maximum Gasteiger partial charge on any atom is 0.0575 e. The lowest BCUT2D eigenvalue weighted by atomic mass is 10.2. The average molecular weight is 140 g/mol. The van der Waals surface area contributed by atoms with E-state index in [4.69, 9.17) is 0 Å². The van der Waals surface area contributed by atoms with E-state index in [-0.39, 0.29) is 0 Å². The Morgan fingerprint density at radius 2 is 2.10 bits per heavy atom. The van der Waals surface area contributed by atoms with Crippen molar-refractivity contribution in [3.05, 3.63) is 12.2 Å². The molecule has 0 saturated carbocycles. The van der Waals surface area contributed by atoms with E-state index in [2.05, 4.69) is 29.9 Å². The quantitative estimate of drug-likeness (QED) is 0.329. The lowest BCUT2D eigenvalue weighted by Gasteiger charge is -2.03. The fourth-order valence-corrected chi connectivity index (χ4v) is 0.805. The van der Waals surface area contributed by atoms with Crippen LogP contribution in [0.4, 0.5) is 0 Å². The molecule has 2 N–H and O–H groups in total. The van der Waals surface area contributed by atoms with Crippen LogP contribution in [0.25, 0.3) is 0 Å². The molecule has 0 saturated heterocycles. The largest absolute Gasteiger partial charge is 0.257 e. The number of unbranched alkanes of at least 4 members (excludes halogenated alkanes) is 2. The highest BCUT2D eigenvalue weighted by atomic mass is 15.4. The van der Waals surface area contributed by atoms with Gasteiger partial charge in [-0.3, -0.25) is 5.43 Å². The van der Waals surface area contributed by atoms with Crippen LogP contribution < -0.4 is 10.9 Å². The summed E-state index contributed by atoms with van der Waals surface area (Å²) in [4.78, 5) is 0. The smallest absolute Gasteiger partial charge is 0.0575 e. The second-order valence-corrected chi connectivity index (χ2v) is 2.69. The first-order chi connectivity index (χ1) is 4.93. The number of hydrogen-bond donors (Lipinski definition) is 2. The van der Waals surface area contributed by atoms with Crippen molar-refractivity contribution in [3.8, 4) is 0 Å². The molecule has 0 aromatic heterocycles. The third-order valence-corrected chi connectivity index (χ3v) is 1.56. The van der Waals surface area contributed by atoms with E-state index in [1.807, 2.05) is 0 Å². The van der Waals surface area contributed by atoms with Crippen LogP contribution in [0.3, 0.4) is 0 Å². The van der Waals surface area contributed by atoms with Crippen LogP contribution in [-0.4, -0.2) is 12.6 Å². The molecule has 0 aromatic rings. The fourth-order valence-electron chi connectivity index (χ4n) is 0.805. The van der Waals surface area contributed by atoms with Gasteiger partial charge in [-0.1, -0.05) is 31.9 Å². The predicted octanol–water partition coefficient (Wildman–Crippen LogP) is 1.21. The first-order valence-electron chi connectivity index (χ1n) is 4.10. The van der Waals surface area contributed by atoms with Crippen molar-refractivity contribution in [2.24, 2.45) is 0 Å². The van der Waals surface area contributed by atoms with Crippen LogP contribution in [0, 0.1) is 0 Å². The van der Waals surface area contributed by atoms with E-state index in [9.17, 15) is 0 Å². The summed E-state index contributed by atoms with van der Waals surface area (Å²) in [7, 11) is 0. The van der Waals surface area contributed by atoms with Gasteiger partial charge in [-0.2, -0.15) is 0 Å². The lowest BCUT2D eigenvalue weighted by Crippen LogP contribution is -2.34. The molecular formula is C8H16N2. The molecule has 0 aromatic carbocycles. The monoisotopic (exact) mass is 140 g/mol. The van der Waals surface area contributed by atoms with Gasteiger partial charge in [0.15, 0.2) is 0 Å². The van der Waals surface area contributed by atoms with E-state index < -0.39 is 0 Å². The minimum Gasteiger partial charge on any atom is -0.257 e. The second-order valence-electron chi connectivity index (χ2n) is 2.69. The molecule has 0 atom stereocenters. The van der Waals surface area contributed by atoms with Crippen LogP contribution in [-0.2, 0) is 0 Å². The van der Waals surface area contributed by atoms with Gasteiger partial charge in [0.25, 0.3) is 0 Å². The highest BCUT2D eigenvalue weighted by Gasteiger charge is 2.07. The van der Waals surface area contributed by atoms with Crippen LogP contribution >= 0.6 is 0 Å². The van der Waals surface area contributed by atoms with E-state index in [0.717, 1.165) is 6.54 Å². The molecule has 0 aliphatic heterocycles. The Labute approximate surface area is 62.7 Å². The van der Waals surface area contributed by atoms with Crippen molar-refractivity contribution in [3.63, 3.8) is 0 Å². The Bertz CT molecular complexity index is 104. The van der Waals surface area contributed by atoms with Crippen molar-refractivity contribution < 1.29 is 0 Å². The molecule has 1 aliphatic carbocycles. The Morgan fingerprint density at radius 3 is 2.70 bits per heavy atom. The van der Waals surface area contributed by atoms with Gasteiger partial charge in [0, 0.05) is 6.54 Å². The maximum atomic E-state index is 3.17. The molecule has 0 heterocycles. The summed E-state index contributed by atoms with van der Waals surface area (Å²) in [6.45, 7) is 3.31. The Balaban J connectivity index is 1.68. The van der Waals surface area contributed by atoms with Crippen LogP contribution in [0.15, 0.2) is 12.2 Å². The summed E-state index contributed by atoms with van der Waals surface area (Å²) in [5, 5.41) is 0. The van der Waals surface area contributed by atoms with Gasteiger partial charge in [0.2, 0.25) is 0 Å². The molecule has 0 unspecified atom stereocenters. The Kier molecular flexibility index (Phi) is 3.47. The summed E-state index contributed by atoms with van der Waals surface area (Å²) in [5.41, 5.74) is 6.32. The predicted molar refractivity (Wildman–Crippen MR) is 43.6 cm³/mol. The summed E-state index contributed by atoms with van der Waals surface area (Å²) in [5.74, 6) is 0. The molecule has 58 valence electrons. The van der Waals surface area contributed by atoms with E-state index >= 15 is 0 Å². The second kappa shape index (κ2) is 4.47. The van der Waals surface area contributed by atoms with Crippen molar-refractivity contribution >= 4 is 0 Å². The van der Waals surface area contributed by atoms with Gasteiger partial charge in [0.05, 0.1) is 6.04 Å². The van der Waals surface area contributed by atoms with Crippen molar-refractivity contribution in [1.82, 2.24) is 10.9 Å². The highest BCUT2D eigenvalue weighted by molar-refractivity contribution is 5.19. The number of nitrogens with one attached hydrogen (secondary N) is 2. The summed E-state index contributed by atoms with van der Waals surface area (Å²) < 4.78 is 0. The summed E-state index contributed by atoms with van der Waals surface area (Å²) in [6.07, 6.45) is 8.16. The van der Waals surface area contributed by atoms with Crippen molar-refractivity contribution in [2.75, 3.05) is 6.54 Å². The molecule has 2 nitrogen and oxygen atoms in total. The van der Waals surface area contributed by atoms with Crippen LogP contribution in [0.1, 0.15) is 26.2 Å². The van der Waals surface area contributed by atoms with Crippen molar-refractivity contribution in [2.45, 2.75) is 32.2 Å². The molecule has 2 heteroatoms. The van der Waals surface area contributed by atoms with Crippen molar-refractivity contribution in [1.29, 1.82) is 0 Å². The van der Waals surface area contributed by atoms with E-state index in [1.165, 1.54) is 19.3 Å². The van der Waals surface area contributed by atoms with E-state index in [0.29, 0.717) is 6.04 Å². The standard InChI is InChI=1S/C8H16N2/c1-2-3-4-7-9-10-8-5-6-8/h5-6,8-10H,2-4,7H2,1H3. The fraction of sp³-hybridized carbons (Fsp3) is 0.750. The SMILES string of the molecule is CCCCCNNC1C=C1. The van der Waals surface area contributed by atoms with Gasteiger partial charge in [-0.15, -0.1) is 0 Å². The molecule has 0 spiro atoms. The number of hydrazine groups is 1. The van der Waals surface area contributed by atoms with Gasteiger partial charge in [-0.25, -0.2) is 5.43 Å². The molecule has 0 bridgehead atoms. The Morgan fingerprint density at radius 1 is 1.30 bits per heavy atom. The third kappa shape index (κ3) is 3.64. The van der Waals surface area contributed by atoms with Crippen LogP contribution in [0.2, 0.25) is 0 Å². The molecule has 1 aliphatic rings. The lowest BCUT2D eigenvalue weighted by molar-refractivity contribution is 0.520. The third-order valence-electron chi connectivity index (χ3n) is 1.56. The minimum absolute atomic E-state index is 0.543. The molecule has 0 radical (unpaired) electrons. The zero-order valence-corrected chi connectivity index (χ0v) is 6.56. The molecular weight excluding hydrogens is 124 g/mol. The summed E-state index contributed by atoms with van der Waals surface area (Å²) in [6, 6.07) is 0.543. The van der Waals surface area contributed by atoms with Gasteiger partial charge in [-0.05, 0) is 6.42 Å². The molecule has 10 heavy (non-hydrogen) atoms. The van der Waals surface area contributed by atoms with Gasteiger partial charge in [0.1, 0.15) is 0 Å². The average Bonchev–Trinajstić information content (AvgIpc) is 2.71.